The molecule has 0 saturated carbocycles. The van der Waals surface area contributed by atoms with Crippen molar-refractivity contribution in [3.63, 3.8) is 0 Å². The van der Waals surface area contributed by atoms with Gasteiger partial charge in [0.05, 0.1) is 5.56 Å². The SMILES string of the molecule is C[C@H](NC(=O)c1ccc(Cl)cc1F)C(=O)OC(C)(C)C. The lowest BCUT2D eigenvalue weighted by atomic mass is 10.1. The second-order valence-electron chi connectivity index (χ2n) is 5.35. The first-order valence-corrected chi connectivity index (χ1v) is 6.47. The van der Waals surface area contributed by atoms with Crippen LogP contribution in [0.2, 0.25) is 5.02 Å². The second-order valence-corrected chi connectivity index (χ2v) is 5.79. The number of hydrogen-bond acceptors (Lipinski definition) is 3. The van der Waals surface area contributed by atoms with Crippen molar-refractivity contribution in [2.75, 3.05) is 0 Å². The van der Waals surface area contributed by atoms with Crippen LogP contribution in [-0.4, -0.2) is 23.5 Å². The van der Waals surface area contributed by atoms with Crippen molar-refractivity contribution in [3.05, 3.63) is 34.6 Å². The molecule has 1 aromatic rings. The average molecular weight is 302 g/mol. The van der Waals surface area contributed by atoms with Gasteiger partial charge >= 0.3 is 5.97 Å². The number of carbonyl (C=O) groups excluding carboxylic acids is 2. The molecule has 6 heteroatoms. The summed E-state index contributed by atoms with van der Waals surface area (Å²) in [6.45, 7) is 6.63. The molecule has 0 fully saturated rings. The van der Waals surface area contributed by atoms with Gasteiger partial charge in [0.1, 0.15) is 17.5 Å². The Morgan fingerprint density at radius 2 is 1.95 bits per heavy atom. The summed E-state index contributed by atoms with van der Waals surface area (Å²) in [5, 5.41) is 2.58. The minimum Gasteiger partial charge on any atom is -0.458 e. The van der Waals surface area contributed by atoms with Crippen molar-refractivity contribution in [2.45, 2.75) is 39.3 Å². The maximum atomic E-state index is 13.6. The molecule has 0 aliphatic carbocycles. The van der Waals surface area contributed by atoms with Crippen LogP contribution in [0.25, 0.3) is 0 Å². The fourth-order valence-corrected chi connectivity index (χ4v) is 1.56. The highest BCUT2D eigenvalue weighted by molar-refractivity contribution is 6.30. The van der Waals surface area contributed by atoms with Gasteiger partial charge in [0, 0.05) is 5.02 Å². The van der Waals surface area contributed by atoms with Crippen LogP contribution in [0, 0.1) is 5.82 Å². The molecule has 0 aliphatic heterocycles. The van der Waals surface area contributed by atoms with E-state index in [1.54, 1.807) is 20.8 Å². The number of benzene rings is 1. The summed E-state index contributed by atoms with van der Waals surface area (Å²) in [6.07, 6.45) is 0. The molecule has 1 rings (SSSR count). The van der Waals surface area contributed by atoms with Gasteiger partial charge in [-0.1, -0.05) is 11.6 Å². The Morgan fingerprint density at radius 1 is 1.35 bits per heavy atom. The predicted molar refractivity (Wildman–Crippen MR) is 74.2 cm³/mol. The molecule has 0 heterocycles. The normalized spacial score (nSPS) is 12.7. The van der Waals surface area contributed by atoms with Crippen molar-refractivity contribution in [3.8, 4) is 0 Å². The fraction of sp³-hybridized carbons (Fsp3) is 0.429. The van der Waals surface area contributed by atoms with Gasteiger partial charge < -0.3 is 10.1 Å². The van der Waals surface area contributed by atoms with Crippen LogP contribution in [0.15, 0.2) is 18.2 Å². The molecular weight excluding hydrogens is 285 g/mol. The largest absolute Gasteiger partial charge is 0.458 e. The van der Waals surface area contributed by atoms with Crippen LogP contribution in [-0.2, 0) is 9.53 Å². The van der Waals surface area contributed by atoms with Gasteiger partial charge in [-0.2, -0.15) is 0 Å². The van der Waals surface area contributed by atoms with E-state index >= 15 is 0 Å². The Hall–Kier alpha value is -1.62. The van der Waals surface area contributed by atoms with Crippen molar-refractivity contribution in [2.24, 2.45) is 0 Å². The maximum Gasteiger partial charge on any atom is 0.328 e. The van der Waals surface area contributed by atoms with Crippen LogP contribution >= 0.6 is 11.6 Å². The summed E-state index contributed by atoms with van der Waals surface area (Å²) in [5.74, 6) is -2.02. The van der Waals surface area contributed by atoms with E-state index in [-0.39, 0.29) is 10.6 Å². The van der Waals surface area contributed by atoms with Crippen LogP contribution < -0.4 is 5.32 Å². The Balaban J connectivity index is 2.73. The van der Waals surface area contributed by atoms with Gasteiger partial charge in [-0.3, -0.25) is 4.79 Å². The zero-order valence-electron chi connectivity index (χ0n) is 11.8. The summed E-state index contributed by atoms with van der Waals surface area (Å²) in [5.41, 5.74) is -0.827. The molecule has 0 unspecified atom stereocenters. The quantitative estimate of drug-likeness (QED) is 0.873. The zero-order chi connectivity index (χ0) is 15.5. The number of amides is 1. The van der Waals surface area contributed by atoms with E-state index < -0.39 is 29.3 Å². The van der Waals surface area contributed by atoms with Gasteiger partial charge in [-0.05, 0) is 45.9 Å². The zero-order valence-corrected chi connectivity index (χ0v) is 12.5. The number of hydrogen-bond donors (Lipinski definition) is 1. The van der Waals surface area contributed by atoms with E-state index in [1.807, 2.05) is 0 Å². The van der Waals surface area contributed by atoms with E-state index in [2.05, 4.69) is 5.32 Å². The van der Waals surface area contributed by atoms with Crippen LogP contribution in [0.1, 0.15) is 38.1 Å². The summed E-state index contributed by atoms with van der Waals surface area (Å²) >= 11 is 5.60. The molecule has 1 aromatic carbocycles. The predicted octanol–water partition coefficient (Wildman–Crippen LogP) is 2.94. The summed E-state index contributed by atoms with van der Waals surface area (Å²) in [6, 6.07) is 2.82. The molecule has 1 amide bonds. The number of ether oxygens (including phenoxy) is 1. The maximum absolute atomic E-state index is 13.6. The number of carbonyl (C=O) groups is 2. The molecule has 0 spiro atoms. The second kappa shape index (κ2) is 6.22. The molecule has 0 saturated heterocycles. The van der Waals surface area contributed by atoms with Crippen molar-refractivity contribution < 1.29 is 18.7 Å². The molecule has 1 atom stereocenters. The molecule has 0 bridgehead atoms. The molecule has 20 heavy (non-hydrogen) atoms. The molecule has 0 radical (unpaired) electrons. The highest BCUT2D eigenvalue weighted by Gasteiger charge is 2.24. The van der Waals surface area contributed by atoms with Crippen molar-refractivity contribution in [1.29, 1.82) is 0 Å². The van der Waals surface area contributed by atoms with E-state index in [1.165, 1.54) is 19.1 Å². The highest BCUT2D eigenvalue weighted by atomic mass is 35.5. The number of esters is 1. The fourth-order valence-electron chi connectivity index (χ4n) is 1.40. The van der Waals surface area contributed by atoms with Crippen LogP contribution in [0.5, 0.6) is 0 Å². The standard InChI is InChI=1S/C14H17ClFNO3/c1-8(13(19)20-14(2,3)4)17-12(18)10-6-5-9(15)7-11(10)16/h5-8H,1-4H3,(H,17,18)/t8-/m0/s1. The first-order valence-electron chi connectivity index (χ1n) is 6.09. The van der Waals surface area contributed by atoms with Gasteiger partial charge in [-0.15, -0.1) is 0 Å². The van der Waals surface area contributed by atoms with Gasteiger partial charge in [0.15, 0.2) is 0 Å². The summed E-state index contributed by atoms with van der Waals surface area (Å²) in [4.78, 5) is 23.6. The number of rotatable bonds is 3. The summed E-state index contributed by atoms with van der Waals surface area (Å²) < 4.78 is 18.7. The van der Waals surface area contributed by atoms with E-state index in [0.29, 0.717) is 0 Å². The monoisotopic (exact) mass is 301 g/mol. The Bertz CT molecular complexity index is 526. The molecule has 1 N–H and O–H groups in total. The van der Waals surface area contributed by atoms with Crippen LogP contribution in [0.3, 0.4) is 0 Å². The Kier molecular flexibility index (Phi) is 5.11. The molecule has 0 aliphatic rings. The van der Waals surface area contributed by atoms with Crippen molar-refractivity contribution in [1.82, 2.24) is 5.32 Å². The third-order valence-corrected chi connectivity index (χ3v) is 2.52. The lowest BCUT2D eigenvalue weighted by Crippen LogP contribution is -2.42. The van der Waals surface area contributed by atoms with Gasteiger partial charge in [-0.25, -0.2) is 9.18 Å². The molecule has 110 valence electrons. The summed E-state index contributed by atoms with van der Waals surface area (Å²) in [7, 11) is 0. The Labute approximate surface area is 122 Å². The number of nitrogens with one attached hydrogen (secondary N) is 1. The third kappa shape index (κ3) is 4.81. The van der Waals surface area contributed by atoms with E-state index in [0.717, 1.165) is 6.07 Å². The third-order valence-electron chi connectivity index (χ3n) is 2.28. The van der Waals surface area contributed by atoms with E-state index in [9.17, 15) is 14.0 Å². The lowest BCUT2D eigenvalue weighted by molar-refractivity contribution is -0.156. The first kappa shape index (κ1) is 16.4. The molecule has 4 nitrogen and oxygen atoms in total. The van der Waals surface area contributed by atoms with E-state index in [4.69, 9.17) is 16.3 Å². The first-order chi connectivity index (χ1) is 9.10. The molecule has 0 aromatic heterocycles. The van der Waals surface area contributed by atoms with Gasteiger partial charge in [0.2, 0.25) is 0 Å². The minimum atomic E-state index is -0.878. The van der Waals surface area contributed by atoms with Gasteiger partial charge in [0.25, 0.3) is 5.91 Å². The highest BCUT2D eigenvalue weighted by Crippen LogP contribution is 2.15. The Morgan fingerprint density at radius 3 is 2.45 bits per heavy atom. The van der Waals surface area contributed by atoms with Crippen molar-refractivity contribution >= 4 is 23.5 Å². The lowest BCUT2D eigenvalue weighted by Gasteiger charge is -2.22. The topological polar surface area (TPSA) is 55.4 Å². The van der Waals surface area contributed by atoms with Crippen LogP contribution in [0.4, 0.5) is 4.39 Å². The number of halogens is 2. The average Bonchev–Trinajstić information content (AvgIpc) is 2.26. The molecular formula is C14H17ClFNO3. The smallest absolute Gasteiger partial charge is 0.328 e. The minimum absolute atomic E-state index is 0.176.